The molecule has 0 aliphatic carbocycles. The first kappa shape index (κ1) is 15.2. The van der Waals surface area contributed by atoms with Crippen LogP contribution in [-0.4, -0.2) is 37.0 Å². The third kappa shape index (κ3) is 3.20. The summed E-state index contributed by atoms with van der Waals surface area (Å²) in [5.41, 5.74) is 2.02. The van der Waals surface area contributed by atoms with Crippen LogP contribution >= 0.6 is 11.3 Å². The summed E-state index contributed by atoms with van der Waals surface area (Å²) >= 11 is 1.49. The minimum absolute atomic E-state index is 0.102. The number of hydrogen-bond donors (Lipinski definition) is 1. The van der Waals surface area contributed by atoms with Crippen LogP contribution in [0.2, 0.25) is 0 Å². The molecule has 0 bridgehead atoms. The topological polar surface area (TPSA) is 32.3 Å². The molecule has 1 amide bonds. The largest absolute Gasteiger partial charge is 0.337 e. The Bertz CT molecular complexity index is 658. The van der Waals surface area contributed by atoms with E-state index in [2.05, 4.69) is 5.32 Å². The van der Waals surface area contributed by atoms with Gasteiger partial charge in [-0.15, -0.1) is 11.3 Å². The predicted molar refractivity (Wildman–Crippen MR) is 87.8 cm³/mol. The van der Waals surface area contributed by atoms with Crippen molar-refractivity contribution in [3.8, 4) is 10.4 Å². The first-order chi connectivity index (χ1) is 10.6. The Hall–Kier alpha value is -1.72. The Morgan fingerprint density at radius 2 is 2.00 bits per heavy atom. The Kier molecular flexibility index (Phi) is 4.55. The Morgan fingerprint density at radius 1 is 1.23 bits per heavy atom. The fourth-order valence-electron chi connectivity index (χ4n) is 2.68. The first-order valence-electron chi connectivity index (χ1n) is 7.51. The fourth-order valence-corrected chi connectivity index (χ4v) is 3.83. The van der Waals surface area contributed by atoms with Gasteiger partial charge in [0.2, 0.25) is 0 Å². The standard InChI is InChI=1S/C17H19FN2OS/c1-12-11-15(17(21)20-9-2-7-19-8-10-20)22-16(12)13-3-5-14(18)6-4-13/h3-6,11,19H,2,7-10H2,1H3. The molecule has 3 nitrogen and oxygen atoms in total. The van der Waals surface area contributed by atoms with E-state index in [9.17, 15) is 9.18 Å². The van der Waals surface area contributed by atoms with Crippen molar-refractivity contribution in [1.82, 2.24) is 10.2 Å². The van der Waals surface area contributed by atoms with Gasteiger partial charge in [-0.3, -0.25) is 4.79 Å². The number of benzene rings is 1. The average Bonchev–Trinajstić information content (AvgIpc) is 2.74. The van der Waals surface area contributed by atoms with E-state index in [1.807, 2.05) is 17.9 Å². The molecule has 1 saturated heterocycles. The van der Waals surface area contributed by atoms with Crippen LogP contribution in [0.4, 0.5) is 4.39 Å². The number of carbonyl (C=O) groups is 1. The van der Waals surface area contributed by atoms with Gasteiger partial charge in [0.25, 0.3) is 5.91 Å². The molecule has 1 fully saturated rings. The van der Waals surface area contributed by atoms with E-state index in [-0.39, 0.29) is 11.7 Å². The number of aryl methyl sites for hydroxylation is 1. The molecule has 22 heavy (non-hydrogen) atoms. The van der Waals surface area contributed by atoms with E-state index in [1.54, 1.807) is 12.1 Å². The monoisotopic (exact) mass is 318 g/mol. The fraction of sp³-hybridized carbons (Fsp3) is 0.353. The molecule has 1 aliphatic rings. The third-order valence-electron chi connectivity index (χ3n) is 3.86. The minimum Gasteiger partial charge on any atom is -0.337 e. The summed E-state index contributed by atoms with van der Waals surface area (Å²) in [5, 5.41) is 3.31. The maximum Gasteiger partial charge on any atom is 0.263 e. The molecule has 0 unspecified atom stereocenters. The molecule has 2 aromatic rings. The molecule has 5 heteroatoms. The molecule has 1 aromatic heterocycles. The van der Waals surface area contributed by atoms with Crippen LogP contribution in [-0.2, 0) is 0 Å². The zero-order valence-corrected chi connectivity index (χ0v) is 13.4. The highest BCUT2D eigenvalue weighted by Crippen LogP contribution is 2.33. The summed E-state index contributed by atoms with van der Waals surface area (Å²) in [6, 6.07) is 8.38. The SMILES string of the molecule is Cc1cc(C(=O)N2CCCNCC2)sc1-c1ccc(F)cc1. The van der Waals surface area contributed by atoms with Crippen LogP contribution in [0.15, 0.2) is 30.3 Å². The lowest BCUT2D eigenvalue weighted by molar-refractivity contribution is 0.0771. The van der Waals surface area contributed by atoms with Crippen molar-refractivity contribution in [2.75, 3.05) is 26.2 Å². The van der Waals surface area contributed by atoms with Gasteiger partial charge in [0.15, 0.2) is 0 Å². The van der Waals surface area contributed by atoms with Gasteiger partial charge < -0.3 is 10.2 Å². The zero-order chi connectivity index (χ0) is 15.5. The second kappa shape index (κ2) is 6.58. The molecular weight excluding hydrogens is 299 g/mol. The maximum atomic E-state index is 13.1. The van der Waals surface area contributed by atoms with Crippen LogP contribution < -0.4 is 5.32 Å². The molecule has 2 heterocycles. The van der Waals surface area contributed by atoms with Crippen molar-refractivity contribution in [3.63, 3.8) is 0 Å². The van der Waals surface area contributed by atoms with E-state index < -0.39 is 0 Å². The van der Waals surface area contributed by atoms with Crippen molar-refractivity contribution >= 4 is 17.2 Å². The summed E-state index contributed by atoms with van der Waals surface area (Å²) < 4.78 is 13.1. The first-order valence-corrected chi connectivity index (χ1v) is 8.33. The van der Waals surface area contributed by atoms with Crippen molar-refractivity contribution in [2.45, 2.75) is 13.3 Å². The number of nitrogens with zero attached hydrogens (tertiary/aromatic N) is 1. The van der Waals surface area contributed by atoms with Gasteiger partial charge in [-0.2, -0.15) is 0 Å². The molecule has 0 spiro atoms. The van der Waals surface area contributed by atoms with E-state index in [0.717, 1.165) is 53.5 Å². The van der Waals surface area contributed by atoms with Crippen LogP contribution in [0.25, 0.3) is 10.4 Å². The molecule has 116 valence electrons. The molecule has 1 aliphatic heterocycles. The molecular formula is C17H19FN2OS. The average molecular weight is 318 g/mol. The van der Waals surface area contributed by atoms with Crippen molar-refractivity contribution in [1.29, 1.82) is 0 Å². The molecule has 0 atom stereocenters. The summed E-state index contributed by atoms with van der Waals surface area (Å²) in [7, 11) is 0. The normalized spacial score (nSPS) is 15.6. The van der Waals surface area contributed by atoms with Gasteiger partial charge in [0.1, 0.15) is 5.82 Å². The Labute approximate surface area is 133 Å². The lowest BCUT2D eigenvalue weighted by atomic mass is 10.1. The van der Waals surface area contributed by atoms with Gasteiger partial charge in [0.05, 0.1) is 4.88 Å². The van der Waals surface area contributed by atoms with Gasteiger partial charge in [0, 0.05) is 24.5 Å². The van der Waals surface area contributed by atoms with Crippen LogP contribution in [0.1, 0.15) is 21.7 Å². The van der Waals surface area contributed by atoms with Crippen LogP contribution in [0.5, 0.6) is 0 Å². The van der Waals surface area contributed by atoms with Gasteiger partial charge in [-0.25, -0.2) is 4.39 Å². The number of carbonyl (C=O) groups excluding carboxylic acids is 1. The predicted octanol–water partition coefficient (Wildman–Crippen LogP) is 3.30. The summed E-state index contributed by atoms with van der Waals surface area (Å²) in [5.74, 6) is -0.142. The molecule has 1 N–H and O–H groups in total. The highest BCUT2D eigenvalue weighted by Gasteiger charge is 2.20. The van der Waals surface area contributed by atoms with E-state index >= 15 is 0 Å². The van der Waals surface area contributed by atoms with E-state index in [4.69, 9.17) is 0 Å². The number of nitrogens with one attached hydrogen (secondary N) is 1. The van der Waals surface area contributed by atoms with Gasteiger partial charge >= 0.3 is 0 Å². The van der Waals surface area contributed by atoms with Crippen LogP contribution in [0.3, 0.4) is 0 Å². The van der Waals surface area contributed by atoms with Crippen molar-refractivity contribution < 1.29 is 9.18 Å². The van der Waals surface area contributed by atoms with Crippen molar-refractivity contribution in [2.24, 2.45) is 0 Å². The minimum atomic E-state index is -0.244. The second-order valence-corrected chi connectivity index (χ2v) is 6.58. The Morgan fingerprint density at radius 3 is 2.77 bits per heavy atom. The van der Waals surface area contributed by atoms with E-state index in [0.29, 0.717) is 0 Å². The highest BCUT2D eigenvalue weighted by atomic mass is 32.1. The summed E-state index contributed by atoms with van der Waals surface area (Å²) in [6.45, 7) is 5.36. The lowest BCUT2D eigenvalue weighted by Gasteiger charge is -2.18. The molecule has 1 aromatic carbocycles. The van der Waals surface area contributed by atoms with E-state index in [1.165, 1.54) is 23.5 Å². The Balaban J connectivity index is 1.84. The molecule has 0 saturated carbocycles. The highest BCUT2D eigenvalue weighted by molar-refractivity contribution is 7.17. The summed E-state index contributed by atoms with van der Waals surface area (Å²) in [4.78, 5) is 16.4. The van der Waals surface area contributed by atoms with Crippen LogP contribution in [0, 0.1) is 12.7 Å². The number of halogens is 1. The molecule has 3 rings (SSSR count). The lowest BCUT2D eigenvalue weighted by Crippen LogP contribution is -2.33. The number of rotatable bonds is 2. The quantitative estimate of drug-likeness (QED) is 0.921. The number of amides is 1. The zero-order valence-electron chi connectivity index (χ0n) is 12.6. The number of hydrogen-bond acceptors (Lipinski definition) is 3. The number of thiophene rings is 1. The van der Waals surface area contributed by atoms with Gasteiger partial charge in [-0.1, -0.05) is 12.1 Å². The van der Waals surface area contributed by atoms with Crippen molar-refractivity contribution in [3.05, 3.63) is 46.6 Å². The molecule has 0 radical (unpaired) electrons. The maximum absolute atomic E-state index is 13.1. The second-order valence-electron chi connectivity index (χ2n) is 5.53. The van der Waals surface area contributed by atoms with Gasteiger partial charge in [-0.05, 0) is 49.2 Å². The third-order valence-corrected chi connectivity index (χ3v) is 5.14. The summed E-state index contributed by atoms with van der Waals surface area (Å²) in [6.07, 6.45) is 0.987. The smallest absolute Gasteiger partial charge is 0.263 e.